The molecule has 1 fully saturated rings. The third-order valence-electron chi connectivity index (χ3n) is 6.08. The zero-order chi connectivity index (χ0) is 25.4. The average molecular weight is 490 g/mol. The Morgan fingerprint density at radius 2 is 2.06 bits per heavy atom. The maximum absolute atomic E-state index is 13.3. The minimum atomic E-state index is -4.65. The number of aromatic hydroxyl groups is 1. The average Bonchev–Trinajstić information content (AvgIpc) is 3.16. The van der Waals surface area contributed by atoms with Crippen molar-refractivity contribution in [1.82, 2.24) is 14.6 Å². The molecule has 3 N–H and O–H groups in total. The standard InChI is InChI=1S/C21H22BF3N6O4/c1-26-31-18(34)17-14(10-35-20(17)4-6-27-7-5-20)30(19(31)28-11-22)9-16(33)29-13-3-2-12(8-15(13)32)21(23,24)25/h2-3,8,27,32H,1,4-7,9-11H2,(H,29,33)/b28-19-. The lowest BCUT2D eigenvalue weighted by Gasteiger charge is -2.33. The Morgan fingerprint density at radius 1 is 1.34 bits per heavy atom. The predicted molar refractivity (Wildman–Crippen MR) is 120 cm³/mol. The Morgan fingerprint density at radius 3 is 2.66 bits per heavy atom. The minimum Gasteiger partial charge on any atom is -0.506 e. The number of benzene rings is 1. The van der Waals surface area contributed by atoms with Crippen molar-refractivity contribution in [2.45, 2.75) is 37.8 Å². The number of halogens is 3. The second kappa shape index (κ2) is 9.34. The number of phenols is 1. The lowest BCUT2D eigenvalue weighted by Crippen LogP contribution is -2.48. The number of hydrogen-bond donors (Lipinski definition) is 3. The monoisotopic (exact) mass is 490 g/mol. The van der Waals surface area contributed by atoms with Crippen LogP contribution in [0.25, 0.3) is 0 Å². The number of carbonyl (C=O) groups is 1. The molecule has 2 aromatic rings. The summed E-state index contributed by atoms with van der Waals surface area (Å²) in [4.78, 5) is 30.4. The van der Waals surface area contributed by atoms with Crippen LogP contribution in [0.4, 0.5) is 18.9 Å². The van der Waals surface area contributed by atoms with Crippen LogP contribution < -0.4 is 21.8 Å². The number of ether oxygens (including phenoxy) is 1. The number of piperidine rings is 1. The van der Waals surface area contributed by atoms with E-state index in [1.807, 2.05) is 0 Å². The number of fused-ring (bicyclic) bond motifs is 2. The molecular formula is C21H22BF3N6O4. The van der Waals surface area contributed by atoms with Gasteiger partial charge in [-0.3, -0.25) is 14.6 Å². The maximum atomic E-state index is 13.3. The molecule has 1 aromatic carbocycles. The molecule has 184 valence electrons. The summed E-state index contributed by atoms with van der Waals surface area (Å²) in [6, 6.07) is 2.22. The van der Waals surface area contributed by atoms with Gasteiger partial charge in [-0.15, -0.1) is 0 Å². The van der Waals surface area contributed by atoms with E-state index in [1.54, 1.807) is 0 Å². The Bertz CT molecular complexity index is 1300. The second-order valence-electron chi connectivity index (χ2n) is 8.12. The molecular weight excluding hydrogens is 468 g/mol. The Labute approximate surface area is 198 Å². The van der Waals surface area contributed by atoms with Crippen molar-refractivity contribution >= 4 is 26.2 Å². The van der Waals surface area contributed by atoms with Crippen molar-refractivity contribution in [1.29, 1.82) is 0 Å². The van der Waals surface area contributed by atoms with Gasteiger partial charge in [-0.1, -0.05) is 0 Å². The molecule has 1 saturated heterocycles. The van der Waals surface area contributed by atoms with Crippen LogP contribution in [0.15, 0.2) is 33.1 Å². The molecule has 1 spiro atoms. The number of nitrogens with one attached hydrogen (secondary N) is 2. The topological polar surface area (TPSA) is 122 Å². The lowest BCUT2D eigenvalue weighted by atomic mass is 9.86. The molecule has 2 aliphatic rings. The number of carbonyl (C=O) groups excluding carboxylic acids is 1. The van der Waals surface area contributed by atoms with Gasteiger partial charge in [0.1, 0.15) is 17.9 Å². The summed E-state index contributed by atoms with van der Waals surface area (Å²) in [7, 11) is 5.59. The molecule has 1 aromatic heterocycles. The number of alkyl halides is 3. The fourth-order valence-corrected chi connectivity index (χ4v) is 4.48. The van der Waals surface area contributed by atoms with Crippen LogP contribution in [0.5, 0.6) is 5.75 Å². The van der Waals surface area contributed by atoms with Crippen LogP contribution >= 0.6 is 0 Å². The first kappa shape index (κ1) is 24.7. The zero-order valence-electron chi connectivity index (χ0n) is 18.6. The van der Waals surface area contributed by atoms with Crippen molar-refractivity contribution in [2.24, 2.45) is 10.1 Å². The van der Waals surface area contributed by atoms with Crippen LogP contribution in [-0.2, 0) is 34.5 Å². The van der Waals surface area contributed by atoms with Gasteiger partial charge in [0.25, 0.3) is 5.56 Å². The number of anilines is 1. The van der Waals surface area contributed by atoms with Crippen molar-refractivity contribution in [3.8, 4) is 5.75 Å². The van der Waals surface area contributed by atoms with Gasteiger partial charge in [-0.05, 0) is 44.1 Å². The van der Waals surface area contributed by atoms with Gasteiger partial charge in [0.05, 0.1) is 37.0 Å². The Balaban J connectivity index is 1.75. The molecule has 4 rings (SSSR count). The molecule has 10 nitrogen and oxygen atoms in total. The van der Waals surface area contributed by atoms with Gasteiger partial charge in [0.15, 0.2) is 0 Å². The van der Waals surface area contributed by atoms with E-state index >= 15 is 0 Å². The summed E-state index contributed by atoms with van der Waals surface area (Å²) in [6.07, 6.45) is -3.80. The second-order valence-corrected chi connectivity index (χ2v) is 8.12. The van der Waals surface area contributed by atoms with Crippen LogP contribution in [0, 0.1) is 0 Å². The van der Waals surface area contributed by atoms with Crippen LogP contribution in [0.3, 0.4) is 0 Å². The van der Waals surface area contributed by atoms with E-state index in [1.165, 1.54) is 4.57 Å². The van der Waals surface area contributed by atoms with Crippen LogP contribution in [-0.4, -0.2) is 54.4 Å². The first-order valence-corrected chi connectivity index (χ1v) is 10.7. The smallest absolute Gasteiger partial charge is 0.416 e. The summed E-state index contributed by atoms with van der Waals surface area (Å²) in [6.45, 7) is 4.33. The highest BCUT2D eigenvalue weighted by Crippen LogP contribution is 2.40. The maximum Gasteiger partial charge on any atom is 0.416 e. The van der Waals surface area contributed by atoms with Crippen molar-refractivity contribution in [3.63, 3.8) is 0 Å². The molecule has 2 aliphatic heterocycles. The number of phenolic OH excluding ortho intramolecular Hbond substituents is 1. The number of aromatic nitrogens is 2. The minimum absolute atomic E-state index is 0.0346. The molecule has 0 aliphatic carbocycles. The fraction of sp³-hybridized carbons (Fsp3) is 0.429. The SMILES string of the molecule is [B]C/N=c1/n(CC(=O)Nc2ccc(C(F)(F)F)cc2O)c2c(c(=O)n1N=C)C1(CCNCC1)OC2. The highest BCUT2D eigenvalue weighted by Gasteiger charge is 2.45. The molecule has 0 saturated carbocycles. The molecule has 3 heterocycles. The molecule has 0 bridgehead atoms. The lowest BCUT2D eigenvalue weighted by molar-refractivity contribution is -0.137. The Hall–Kier alpha value is -3.39. The van der Waals surface area contributed by atoms with Gasteiger partial charge in [-0.2, -0.15) is 22.9 Å². The number of rotatable bonds is 5. The summed E-state index contributed by atoms with van der Waals surface area (Å²) in [5.41, 5.74) is -1.85. The van der Waals surface area contributed by atoms with Crippen molar-refractivity contribution < 1.29 is 27.8 Å². The molecule has 35 heavy (non-hydrogen) atoms. The van der Waals surface area contributed by atoms with E-state index in [0.29, 0.717) is 43.3 Å². The number of amides is 1. The van der Waals surface area contributed by atoms with Gasteiger partial charge in [0.2, 0.25) is 11.5 Å². The normalized spacial score (nSPS) is 17.4. The molecule has 14 heteroatoms. The summed E-state index contributed by atoms with van der Waals surface area (Å²) in [5, 5.41) is 19.4. The summed E-state index contributed by atoms with van der Waals surface area (Å²) in [5.74, 6) is -1.44. The third kappa shape index (κ3) is 4.50. The van der Waals surface area contributed by atoms with E-state index in [0.717, 1.165) is 16.8 Å². The summed E-state index contributed by atoms with van der Waals surface area (Å²) >= 11 is 0. The van der Waals surface area contributed by atoms with Crippen molar-refractivity contribution in [2.75, 3.05) is 24.9 Å². The fourth-order valence-electron chi connectivity index (χ4n) is 4.48. The van der Waals surface area contributed by atoms with E-state index < -0.39 is 41.1 Å². The van der Waals surface area contributed by atoms with E-state index in [4.69, 9.17) is 12.6 Å². The quantitative estimate of drug-likeness (QED) is 0.322. The van der Waals surface area contributed by atoms with Crippen molar-refractivity contribution in [3.05, 3.63) is 51.0 Å². The molecule has 1 amide bonds. The number of hydrogen-bond acceptors (Lipinski definition) is 7. The van der Waals surface area contributed by atoms with Gasteiger partial charge in [0, 0.05) is 13.2 Å². The largest absolute Gasteiger partial charge is 0.506 e. The highest BCUT2D eigenvalue weighted by molar-refractivity contribution is 6.08. The molecule has 0 unspecified atom stereocenters. The van der Waals surface area contributed by atoms with Crippen LogP contribution in [0.1, 0.15) is 29.7 Å². The van der Waals surface area contributed by atoms with Gasteiger partial charge < -0.3 is 25.0 Å². The van der Waals surface area contributed by atoms with Gasteiger partial charge >= 0.3 is 6.18 Å². The highest BCUT2D eigenvalue weighted by atomic mass is 19.4. The third-order valence-corrected chi connectivity index (χ3v) is 6.08. The Kier molecular flexibility index (Phi) is 6.60. The first-order chi connectivity index (χ1) is 16.6. The van der Waals surface area contributed by atoms with Crippen LogP contribution in [0.2, 0.25) is 0 Å². The molecule has 0 atom stereocenters. The predicted octanol–water partition coefficient (Wildman–Crippen LogP) is 0.612. The first-order valence-electron chi connectivity index (χ1n) is 10.7. The molecule has 2 radical (unpaired) electrons. The van der Waals surface area contributed by atoms with E-state index in [9.17, 15) is 27.9 Å². The van der Waals surface area contributed by atoms with E-state index in [-0.39, 0.29) is 24.4 Å². The van der Waals surface area contributed by atoms with E-state index in [2.05, 4.69) is 27.4 Å². The summed E-state index contributed by atoms with van der Waals surface area (Å²) < 4.78 is 47.1. The van der Waals surface area contributed by atoms with Gasteiger partial charge in [-0.25, -0.2) is 0 Å². The zero-order valence-corrected chi connectivity index (χ0v) is 18.6. The number of nitrogens with zero attached hydrogens (tertiary/aromatic N) is 4.